The van der Waals surface area contributed by atoms with Crippen molar-refractivity contribution in [3.63, 3.8) is 0 Å². The molecule has 0 atom stereocenters. The fraction of sp³-hybridized carbons (Fsp3) is 0.250. The number of benzene rings is 2. The van der Waals surface area contributed by atoms with E-state index in [-0.39, 0.29) is 18.3 Å². The first-order valence-corrected chi connectivity index (χ1v) is 12.0. The molecule has 0 unspecified atom stereocenters. The highest BCUT2D eigenvalue weighted by Crippen LogP contribution is 2.40. The van der Waals surface area contributed by atoms with Crippen LogP contribution < -0.4 is 14.8 Å². The summed E-state index contributed by atoms with van der Waals surface area (Å²) in [5.74, 6) is 0.966. The van der Waals surface area contributed by atoms with Gasteiger partial charge in [0.05, 0.1) is 17.9 Å². The predicted molar refractivity (Wildman–Crippen MR) is 127 cm³/mol. The van der Waals surface area contributed by atoms with Crippen molar-refractivity contribution in [2.45, 2.75) is 18.7 Å². The maximum Gasteiger partial charge on any atom is 0.341 e. The van der Waals surface area contributed by atoms with E-state index in [1.165, 1.54) is 23.1 Å². The van der Waals surface area contributed by atoms with Gasteiger partial charge in [-0.25, -0.2) is 4.79 Å². The van der Waals surface area contributed by atoms with E-state index < -0.39 is 5.97 Å². The smallest absolute Gasteiger partial charge is 0.341 e. The number of nitrogens with one attached hydrogen (secondary N) is 1. The van der Waals surface area contributed by atoms with Crippen LogP contribution in [0.1, 0.15) is 22.8 Å². The quantitative estimate of drug-likeness (QED) is 0.369. The standard InChI is InChI=1S/C24H23NO5S2/c1-3-28-24(27)21-15(2)22(16-7-5-4-6-8-16)32-23(21)25-20(26)14-31-17-9-10-18-19(13-17)30-12-11-29-18/h4-10,13H,3,11-12,14H2,1-2H3,(H,25,26). The van der Waals surface area contributed by atoms with Crippen LogP contribution in [0.2, 0.25) is 0 Å². The van der Waals surface area contributed by atoms with Gasteiger partial charge in [0.2, 0.25) is 5.91 Å². The summed E-state index contributed by atoms with van der Waals surface area (Å²) in [5.41, 5.74) is 2.20. The number of carbonyl (C=O) groups excluding carboxylic acids is 2. The minimum atomic E-state index is -0.432. The van der Waals surface area contributed by atoms with Gasteiger partial charge in [-0.3, -0.25) is 4.79 Å². The number of thiophene rings is 1. The van der Waals surface area contributed by atoms with Crippen LogP contribution in [0.3, 0.4) is 0 Å². The fourth-order valence-corrected chi connectivity index (χ4v) is 5.28. The zero-order chi connectivity index (χ0) is 22.5. The van der Waals surface area contributed by atoms with E-state index in [0.717, 1.165) is 20.9 Å². The average molecular weight is 470 g/mol. The molecule has 0 saturated carbocycles. The molecule has 4 rings (SSSR count). The highest BCUT2D eigenvalue weighted by molar-refractivity contribution is 8.00. The number of hydrogen-bond acceptors (Lipinski definition) is 7. The molecule has 0 radical (unpaired) electrons. The van der Waals surface area contributed by atoms with Crippen molar-refractivity contribution in [3.8, 4) is 21.9 Å². The van der Waals surface area contributed by atoms with E-state index in [2.05, 4.69) is 5.32 Å². The highest BCUT2D eigenvalue weighted by atomic mass is 32.2. The third kappa shape index (κ3) is 4.92. The summed E-state index contributed by atoms with van der Waals surface area (Å²) < 4.78 is 16.4. The molecular weight excluding hydrogens is 446 g/mol. The molecular formula is C24H23NO5S2. The molecule has 0 saturated heterocycles. The number of fused-ring (bicyclic) bond motifs is 1. The summed E-state index contributed by atoms with van der Waals surface area (Å²) in [4.78, 5) is 27.2. The van der Waals surface area contributed by atoms with Crippen LogP contribution in [0, 0.1) is 6.92 Å². The molecule has 1 aliphatic rings. The van der Waals surface area contributed by atoms with Crippen molar-refractivity contribution in [3.05, 3.63) is 59.7 Å². The lowest BCUT2D eigenvalue weighted by molar-refractivity contribution is -0.113. The number of hydrogen-bond donors (Lipinski definition) is 1. The molecule has 1 amide bonds. The van der Waals surface area contributed by atoms with Gasteiger partial charge in [0.1, 0.15) is 18.2 Å². The summed E-state index contributed by atoms with van der Waals surface area (Å²) >= 11 is 2.78. The monoisotopic (exact) mass is 469 g/mol. The van der Waals surface area contributed by atoms with Crippen molar-refractivity contribution in [1.82, 2.24) is 0 Å². The van der Waals surface area contributed by atoms with Gasteiger partial charge in [0, 0.05) is 9.77 Å². The van der Waals surface area contributed by atoms with Crippen molar-refractivity contribution < 1.29 is 23.8 Å². The van der Waals surface area contributed by atoms with Crippen molar-refractivity contribution >= 4 is 40.0 Å². The Morgan fingerprint density at radius 1 is 1.09 bits per heavy atom. The van der Waals surface area contributed by atoms with Gasteiger partial charge in [-0.15, -0.1) is 23.1 Å². The molecule has 0 bridgehead atoms. The molecule has 3 aromatic rings. The first-order chi connectivity index (χ1) is 15.6. The van der Waals surface area contributed by atoms with Gasteiger partial charge >= 0.3 is 5.97 Å². The fourth-order valence-electron chi connectivity index (χ4n) is 3.34. The number of ether oxygens (including phenoxy) is 3. The van der Waals surface area contributed by atoms with Crippen LogP contribution >= 0.6 is 23.1 Å². The molecule has 2 aromatic carbocycles. The van der Waals surface area contributed by atoms with E-state index in [1.54, 1.807) is 6.92 Å². The highest BCUT2D eigenvalue weighted by Gasteiger charge is 2.24. The van der Waals surface area contributed by atoms with Gasteiger partial charge < -0.3 is 19.5 Å². The van der Waals surface area contributed by atoms with E-state index in [9.17, 15) is 9.59 Å². The summed E-state index contributed by atoms with van der Waals surface area (Å²) in [6.45, 7) is 4.96. The lowest BCUT2D eigenvalue weighted by atomic mass is 10.1. The Kier molecular flexibility index (Phi) is 7.02. The molecule has 6 nitrogen and oxygen atoms in total. The molecule has 0 aliphatic carbocycles. The minimum absolute atomic E-state index is 0.194. The Balaban J connectivity index is 1.51. The number of rotatable bonds is 7. The van der Waals surface area contributed by atoms with Crippen LogP contribution in [0.5, 0.6) is 11.5 Å². The molecule has 0 spiro atoms. The summed E-state index contributed by atoms with van der Waals surface area (Å²) in [6.07, 6.45) is 0. The summed E-state index contributed by atoms with van der Waals surface area (Å²) in [7, 11) is 0. The third-order valence-electron chi connectivity index (χ3n) is 4.80. The second-order valence-electron chi connectivity index (χ2n) is 6.99. The molecule has 1 aromatic heterocycles. The van der Waals surface area contributed by atoms with Crippen LogP contribution in [0.4, 0.5) is 5.00 Å². The first-order valence-electron chi connectivity index (χ1n) is 10.2. The maximum absolute atomic E-state index is 12.7. The van der Waals surface area contributed by atoms with Crippen molar-refractivity contribution in [1.29, 1.82) is 0 Å². The minimum Gasteiger partial charge on any atom is -0.486 e. The van der Waals surface area contributed by atoms with Crippen molar-refractivity contribution in [2.24, 2.45) is 0 Å². The second kappa shape index (κ2) is 10.1. The van der Waals surface area contributed by atoms with E-state index in [4.69, 9.17) is 14.2 Å². The maximum atomic E-state index is 12.7. The Morgan fingerprint density at radius 2 is 1.84 bits per heavy atom. The van der Waals surface area contributed by atoms with Crippen LogP contribution in [-0.2, 0) is 9.53 Å². The predicted octanol–water partition coefficient (Wildman–Crippen LogP) is 5.40. The molecule has 8 heteroatoms. The van der Waals surface area contributed by atoms with Gasteiger partial charge in [0.25, 0.3) is 0 Å². The number of carbonyl (C=O) groups is 2. The van der Waals surface area contributed by atoms with Crippen LogP contribution in [0.25, 0.3) is 10.4 Å². The third-order valence-corrected chi connectivity index (χ3v) is 7.05. The zero-order valence-corrected chi connectivity index (χ0v) is 19.4. The molecule has 32 heavy (non-hydrogen) atoms. The summed E-state index contributed by atoms with van der Waals surface area (Å²) in [5, 5.41) is 3.42. The largest absolute Gasteiger partial charge is 0.486 e. The lowest BCUT2D eigenvalue weighted by Crippen LogP contribution is -2.16. The number of thioether (sulfide) groups is 1. The number of anilines is 1. The van der Waals surface area contributed by atoms with Crippen molar-refractivity contribution in [2.75, 3.05) is 30.9 Å². The second-order valence-corrected chi connectivity index (χ2v) is 9.06. The first kappa shape index (κ1) is 22.2. The Bertz CT molecular complexity index is 1130. The lowest BCUT2D eigenvalue weighted by Gasteiger charge is -2.18. The number of amides is 1. The van der Waals surface area contributed by atoms with Gasteiger partial charge in [-0.05, 0) is 43.2 Å². The average Bonchev–Trinajstić information content (AvgIpc) is 3.14. The molecule has 0 fully saturated rings. The van der Waals surface area contributed by atoms with E-state index in [0.29, 0.717) is 35.3 Å². The Labute approximate surface area is 194 Å². The topological polar surface area (TPSA) is 73.9 Å². The van der Waals surface area contributed by atoms with Crippen LogP contribution in [-0.4, -0.2) is 37.4 Å². The van der Waals surface area contributed by atoms with Gasteiger partial charge in [-0.2, -0.15) is 0 Å². The SMILES string of the molecule is CCOC(=O)c1c(NC(=O)CSc2ccc3c(c2)OCCO3)sc(-c2ccccc2)c1C. The van der Waals surface area contributed by atoms with E-state index in [1.807, 2.05) is 55.5 Å². The Morgan fingerprint density at radius 3 is 2.59 bits per heavy atom. The van der Waals surface area contributed by atoms with Gasteiger partial charge in [-0.1, -0.05) is 30.3 Å². The normalized spacial score (nSPS) is 12.3. The number of esters is 1. The Hall–Kier alpha value is -2.97. The van der Waals surface area contributed by atoms with E-state index >= 15 is 0 Å². The zero-order valence-electron chi connectivity index (χ0n) is 17.8. The summed E-state index contributed by atoms with van der Waals surface area (Å²) in [6, 6.07) is 15.4. The van der Waals surface area contributed by atoms with Crippen LogP contribution in [0.15, 0.2) is 53.4 Å². The molecule has 2 heterocycles. The molecule has 166 valence electrons. The molecule has 1 N–H and O–H groups in total. The molecule has 1 aliphatic heterocycles. The van der Waals surface area contributed by atoms with Gasteiger partial charge in [0.15, 0.2) is 11.5 Å².